The quantitative estimate of drug-likeness (QED) is 0.755. The fraction of sp³-hybridized carbons (Fsp3) is 0.923. The Kier molecular flexibility index (Phi) is 4.78. The van der Waals surface area contributed by atoms with Crippen LogP contribution in [0.25, 0.3) is 0 Å². The Bertz CT molecular complexity index is 227. The maximum atomic E-state index is 11.7. The van der Waals surface area contributed by atoms with Crippen molar-refractivity contribution in [1.82, 2.24) is 5.32 Å². The smallest absolute Gasteiger partial charge is 0.220 e. The van der Waals surface area contributed by atoms with Crippen LogP contribution in [0.15, 0.2) is 0 Å². The number of hydrogen-bond acceptors (Lipinski definition) is 2. The molecule has 0 aromatic rings. The van der Waals surface area contributed by atoms with Crippen LogP contribution in [0, 0.1) is 5.92 Å². The summed E-state index contributed by atoms with van der Waals surface area (Å²) in [6.45, 7) is 6.04. The molecular formula is C13H26N2O. The van der Waals surface area contributed by atoms with E-state index in [0.717, 1.165) is 6.42 Å². The van der Waals surface area contributed by atoms with Crippen LogP contribution >= 0.6 is 0 Å². The molecule has 16 heavy (non-hydrogen) atoms. The highest BCUT2D eigenvalue weighted by Crippen LogP contribution is 2.27. The summed E-state index contributed by atoms with van der Waals surface area (Å²) in [6.07, 6.45) is 6.46. The van der Waals surface area contributed by atoms with Gasteiger partial charge in [-0.1, -0.05) is 12.8 Å². The van der Waals surface area contributed by atoms with Gasteiger partial charge in [-0.2, -0.15) is 0 Å². The summed E-state index contributed by atoms with van der Waals surface area (Å²) in [5.41, 5.74) is 5.61. The van der Waals surface area contributed by atoms with Crippen molar-refractivity contribution in [3.63, 3.8) is 0 Å². The molecule has 1 rings (SSSR count). The zero-order valence-corrected chi connectivity index (χ0v) is 10.9. The normalized spacial score (nSPS) is 19.8. The first-order valence-corrected chi connectivity index (χ1v) is 6.47. The Hall–Kier alpha value is -0.570. The van der Waals surface area contributed by atoms with E-state index >= 15 is 0 Å². The Morgan fingerprint density at radius 3 is 2.50 bits per heavy atom. The molecule has 3 nitrogen and oxygen atoms in total. The number of nitrogens with two attached hydrogens (primary N) is 1. The van der Waals surface area contributed by atoms with Gasteiger partial charge in [0, 0.05) is 18.0 Å². The highest BCUT2D eigenvalue weighted by atomic mass is 16.1. The molecule has 1 aliphatic carbocycles. The van der Waals surface area contributed by atoms with Crippen LogP contribution in [0.1, 0.15) is 59.3 Å². The maximum absolute atomic E-state index is 11.7. The highest BCUT2D eigenvalue weighted by Gasteiger charge is 2.23. The lowest BCUT2D eigenvalue weighted by molar-refractivity contribution is -0.122. The Labute approximate surface area is 99.2 Å². The van der Waals surface area contributed by atoms with Crippen molar-refractivity contribution in [2.75, 3.05) is 0 Å². The van der Waals surface area contributed by atoms with Gasteiger partial charge in [0.15, 0.2) is 0 Å². The van der Waals surface area contributed by atoms with Crippen LogP contribution in [0.2, 0.25) is 0 Å². The average Bonchev–Trinajstić information content (AvgIpc) is 2.66. The molecule has 0 heterocycles. The van der Waals surface area contributed by atoms with E-state index in [1.54, 1.807) is 0 Å². The van der Waals surface area contributed by atoms with E-state index in [9.17, 15) is 4.79 Å². The van der Waals surface area contributed by atoms with Gasteiger partial charge in [-0.05, 0) is 46.0 Å². The van der Waals surface area contributed by atoms with Gasteiger partial charge in [0.1, 0.15) is 0 Å². The fourth-order valence-electron chi connectivity index (χ4n) is 2.34. The van der Waals surface area contributed by atoms with E-state index in [1.807, 2.05) is 13.8 Å². The third-order valence-electron chi connectivity index (χ3n) is 3.49. The van der Waals surface area contributed by atoms with E-state index in [4.69, 9.17) is 5.73 Å². The zero-order valence-electron chi connectivity index (χ0n) is 10.9. The second-order valence-electron chi connectivity index (χ2n) is 5.89. The minimum atomic E-state index is -0.242. The molecule has 0 radical (unpaired) electrons. The van der Waals surface area contributed by atoms with Crippen molar-refractivity contribution in [2.24, 2.45) is 11.7 Å². The lowest BCUT2D eigenvalue weighted by Crippen LogP contribution is -2.39. The highest BCUT2D eigenvalue weighted by molar-refractivity contribution is 5.76. The summed E-state index contributed by atoms with van der Waals surface area (Å²) in [6, 6.07) is 0.330. The van der Waals surface area contributed by atoms with Crippen LogP contribution < -0.4 is 11.1 Å². The minimum absolute atomic E-state index is 0.151. The summed E-state index contributed by atoms with van der Waals surface area (Å²) in [4.78, 5) is 11.7. The molecule has 0 spiro atoms. The summed E-state index contributed by atoms with van der Waals surface area (Å²) in [5, 5.41) is 3.10. The summed E-state index contributed by atoms with van der Waals surface area (Å²) < 4.78 is 0. The second kappa shape index (κ2) is 5.67. The molecule has 1 aliphatic rings. The average molecular weight is 226 g/mol. The number of amides is 1. The number of carbonyl (C=O) groups excluding carboxylic acids is 1. The van der Waals surface area contributed by atoms with Crippen molar-refractivity contribution in [1.29, 1.82) is 0 Å². The number of carbonyl (C=O) groups is 1. The van der Waals surface area contributed by atoms with Gasteiger partial charge in [-0.25, -0.2) is 0 Å². The lowest BCUT2D eigenvalue weighted by Gasteiger charge is -2.22. The van der Waals surface area contributed by atoms with Crippen molar-refractivity contribution >= 4 is 5.91 Å². The largest absolute Gasteiger partial charge is 0.353 e. The molecule has 1 atom stereocenters. The standard InChI is InChI=1S/C13H26N2O/c1-10(11-6-4-5-7-11)15-12(16)8-9-13(2,3)14/h10-11H,4-9,14H2,1-3H3,(H,15,16). The van der Waals surface area contributed by atoms with Crippen LogP contribution in [0.4, 0.5) is 0 Å². The van der Waals surface area contributed by atoms with E-state index < -0.39 is 0 Å². The molecule has 0 saturated heterocycles. The Morgan fingerprint density at radius 1 is 1.44 bits per heavy atom. The van der Waals surface area contributed by atoms with Crippen molar-refractivity contribution < 1.29 is 4.79 Å². The summed E-state index contributed by atoms with van der Waals surface area (Å²) >= 11 is 0. The fourth-order valence-corrected chi connectivity index (χ4v) is 2.34. The van der Waals surface area contributed by atoms with Gasteiger partial charge in [0.25, 0.3) is 0 Å². The van der Waals surface area contributed by atoms with E-state index in [2.05, 4.69) is 12.2 Å². The molecule has 0 aromatic heterocycles. The molecule has 0 bridgehead atoms. The Morgan fingerprint density at radius 2 is 2.00 bits per heavy atom. The van der Waals surface area contributed by atoms with Crippen LogP contribution in [0.3, 0.4) is 0 Å². The number of nitrogens with one attached hydrogen (secondary N) is 1. The van der Waals surface area contributed by atoms with Crippen LogP contribution in [-0.2, 0) is 4.79 Å². The molecular weight excluding hydrogens is 200 g/mol. The summed E-state index contributed by atoms with van der Waals surface area (Å²) in [5.74, 6) is 0.841. The van der Waals surface area contributed by atoms with E-state index in [-0.39, 0.29) is 11.4 Å². The molecule has 1 fully saturated rings. The topological polar surface area (TPSA) is 55.1 Å². The Balaban J connectivity index is 2.22. The van der Waals surface area contributed by atoms with E-state index in [0.29, 0.717) is 18.4 Å². The van der Waals surface area contributed by atoms with Crippen molar-refractivity contribution in [3.05, 3.63) is 0 Å². The molecule has 1 amide bonds. The molecule has 0 aromatic carbocycles. The first-order valence-electron chi connectivity index (χ1n) is 6.47. The van der Waals surface area contributed by atoms with Crippen LogP contribution in [0.5, 0.6) is 0 Å². The molecule has 1 unspecified atom stereocenters. The number of hydrogen-bond donors (Lipinski definition) is 2. The van der Waals surface area contributed by atoms with Gasteiger partial charge in [0.05, 0.1) is 0 Å². The number of rotatable bonds is 5. The first-order chi connectivity index (χ1) is 7.38. The van der Waals surface area contributed by atoms with Gasteiger partial charge in [-0.15, -0.1) is 0 Å². The first kappa shape index (κ1) is 13.5. The minimum Gasteiger partial charge on any atom is -0.353 e. The molecule has 0 aliphatic heterocycles. The van der Waals surface area contributed by atoms with E-state index in [1.165, 1.54) is 25.7 Å². The predicted octanol–water partition coefficient (Wildman–Crippen LogP) is 2.20. The SMILES string of the molecule is CC(NC(=O)CCC(C)(C)N)C1CCCC1. The second-order valence-corrected chi connectivity index (χ2v) is 5.89. The molecule has 94 valence electrons. The van der Waals surface area contributed by atoms with Crippen LogP contribution in [-0.4, -0.2) is 17.5 Å². The third-order valence-corrected chi connectivity index (χ3v) is 3.49. The zero-order chi connectivity index (χ0) is 12.2. The maximum Gasteiger partial charge on any atom is 0.220 e. The molecule has 1 saturated carbocycles. The van der Waals surface area contributed by atoms with Crippen molar-refractivity contribution in [2.45, 2.75) is 70.9 Å². The molecule has 3 heteroatoms. The van der Waals surface area contributed by atoms with Gasteiger partial charge in [0.2, 0.25) is 5.91 Å². The van der Waals surface area contributed by atoms with Gasteiger partial charge >= 0.3 is 0 Å². The monoisotopic (exact) mass is 226 g/mol. The van der Waals surface area contributed by atoms with Gasteiger partial charge in [-0.3, -0.25) is 4.79 Å². The third kappa shape index (κ3) is 4.97. The lowest BCUT2D eigenvalue weighted by atomic mass is 9.98. The predicted molar refractivity (Wildman–Crippen MR) is 67.1 cm³/mol. The van der Waals surface area contributed by atoms with Gasteiger partial charge < -0.3 is 11.1 Å². The van der Waals surface area contributed by atoms with Crippen molar-refractivity contribution in [3.8, 4) is 0 Å². The molecule has 3 N–H and O–H groups in total. The summed E-state index contributed by atoms with van der Waals surface area (Å²) in [7, 11) is 0.